The molecule has 0 N–H and O–H groups in total. The molecule has 3 aromatic rings. The maximum Gasteiger partial charge on any atom is 0.311 e. The number of ether oxygens (including phenoxy) is 3. The molecule has 9 nitrogen and oxygen atoms in total. The molecule has 0 spiro atoms. The van der Waals surface area contributed by atoms with Gasteiger partial charge in [0.1, 0.15) is 11.5 Å². The van der Waals surface area contributed by atoms with Crippen LogP contribution in [-0.2, 0) is 0 Å². The topological polar surface area (TPSA) is 114 Å². The molecule has 0 aliphatic carbocycles. The van der Waals surface area contributed by atoms with Gasteiger partial charge in [0.15, 0.2) is 0 Å². The molecule has 0 amide bonds. The third-order valence-corrected chi connectivity index (χ3v) is 4.82. The van der Waals surface area contributed by atoms with E-state index in [1.165, 1.54) is 50.6 Å². The first-order valence-corrected chi connectivity index (χ1v) is 9.33. The number of nitrogens with zero attached hydrogens (tertiary/aromatic N) is 2. The zero-order valence-electron chi connectivity index (χ0n) is 16.1. The number of nitro groups is 2. The summed E-state index contributed by atoms with van der Waals surface area (Å²) >= 11 is 12.3. The van der Waals surface area contributed by atoms with Crippen LogP contribution in [0.1, 0.15) is 0 Å². The van der Waals surface area contributed by atoms with Crippen molar-refractivity contribution < 1.29 is 24.1 Å². The Morgan fingerprint density at radius 3 is 2.06 bits per heavy atom. The Morgan fingerprint density at radius 2 is 1.48 bits per heavy atom. The van der Waals surface area contributed by atoms with E-state index in [-0.39, 0.29) is 45.0 Å². The minimum absolute atomic E-state index is 0.0116. The van der Waals surface area contributed by atoms with Crippen molar-refractivity contribution in [2.45, 2.75) is 0 Å². The summed E-state index contributed by atoms with van der Waals surface area (Å²) in [6.45, 7) is 0. The fourth-order valence-electron chi connectivity index (χ4n) is 2.94. The van der Waals surface area contributed by atoms with Gasteiger partial charge in [0.2, 0.25) is 11.5 Å². The first kappa shape index (κ1) is 22.1. The Labute approximate surface area is 186 Å². The molecule has 0 aliphatic heterocycles. The van der Waals surface area contributed by atoms with Gasteiger partial charge in [-0.25, -0.2) is 0 Å². The quantitative estimate of drug-likeness (QED) is 0.298. The molecule has 0 saturated heterocycles. The van der Waals surface area contributed by atoms with Crippen molar-refractivity contribution in [2.75, 3.05) is 14.2 Å². The molecule has 31 heavy (non-hydrogen) atoms. The van der Waals surface area contributed by atoms with Gasteiger partial charge < -0.3 is 14.2 Å². The van der Waals surface area contributed by atoms with Crippen LogP contribution in [0.3, 0.4) is 0 Å². The van der Waals surface area contributed by atoms with E-state index in [0.29, 0.717) is 10.6 Å². The highest BCUT2D eigenvalue weighted by Crippen LogP contribution is 2.48. The van der Waals surface area contributed by atoms with E-state index in [1.807, 2.05) is 0 Å². The number of hydrogen-bond acceptors (Lipinski definition) is 7. The van der Waals surface area contributed by atoms with Gasteiger partial charge in [-0.15, -0.1) is 0 Å². The standard InChI is InChI=1S/C20H14Cl2N2O7/c1-29-18-10-12(4-6-15(18)23(25)26)31-17-8-7-16(24(27)28)20(30-2)19(17)13-5-3-11(21)9-14(13)22/h3-10H,1-2H3. The number of methoxy groups -OCH3 is 2. The van der Waals surface area contributed by atoms with Crippen LogP contribution in [-0.4, -0.2) is 24.1 Å². The predicted octanol–water partition coefficient (Wildman–Crippen LogP) is 6.29. The summed E-state index contributed by atoms with van der Waals surface area (Å²) in [4.78, 5) is 21.4. The van der Waals surface area contributed by atoms with Gasteiger partial charge in [-0.2, -0.15) is 0 Å². The van der Waals surface area contributed by atoms with Crippen molar-refractivity contribution in [2.24, 2.45) is 0 Å². The van der Waals surface area contributed by atoms with E-state index < -0.39 is 9.85 Å². The minimum Gasteiger partial charge on any atom is -0.490 e. The molecule has 0 saturated carbocycles. The molecule has 0 unspecified atom stereocenters. The van der Waals surface area contributed by atoms with Crippen LogP contribution < -0.4 is 14.2 Å². The van der Waals surface area contributed by atoms with Gasteiger partial charge in [-0.3, -0.25) is 20.2 Å². The Morgan fingerprint density at radius 1 is 0.806 bits per heavy atom. The van der Waals surface area contributed by atoms with E-state index in [2.05, 4.69) is 0 Å². The molecule has 0 radical (unpaired) electrons. The highest BCUT2D eigenvalue weighted by atomic mass is 35.5. The normalized spacial score (nSPS) is 10.5. The summed E-state index contributed by atoms with van der Waals surface area (Å²) in [6, 6.07) is 11.2. The van der Waals surface area contributed by atoms with E-state index >= 15 is 0 Å². The molecule has 0 bridgehead atoms. The molecule has 0 aliphatic rings. The summed E-state index contributed by atoms with van der Waals surface area (Å²) < 4.78 is 16.3. The lowest BCUT2D eigenvalue weighted by Crippen LogP contribution is -1.99. The molecule has 0 aromatic heterocycles. The summed E-state index contributed by atoms with van der Waals surface area (Å²) in [7, 11) is 2.58. The smallest absolute Gasteiger partial charge is 0.311 e. The van der Waals surface area contributed by atoms with Gasteiger partial charge in [-0.1, -0.05) is 29.3 Å². The van der Waals surface area contributed by atoms with Gasteiger partial charge in [0.25, 0.3) is 0 Å². The molecule has 160 valence electrons. The van der Waals surface area contributed by atoms with Gasteiger partial charge >= 0.3 is 11.4 Å². The predicted molar refractivity (Wildman–Crippen MR) is 115 cm³/mol. The highest BCUT2D eigenvalue weighted by molar-refractivity contribution is 6.36. The third kappa shape index (κ3) is 4.47. The molecule has 3 rings (SSSR count). The highest BCUT2D eigenvalue weighted by Gasteiger charge is 2.26. The lowest BCUT2D eigenvalue weighted by Gasteiger charge is -2.16. The van der Waals surface area contributed by atoms with Crippen LogP contribution in [0.4, 0.5) is 11.4 Å². The summed E-state index contributed by atoms with van der Waals surface area (Å²) in [6.07, 6.45) is 0. The van der Waals surface area contributed by atoms with Gasteiger partial charge in [0, 0.05) is 28.8 Å². The summed E-state index contributed by atoms with van der Waals surface area (Å²) in [5.41, 5.74) is 0.0698. The Kier molecular flexibility index (Phi) is 6.47. The first-order valence-electron chi connectivity index (χ1n) is 8.58. The van der Waals surface area contributed by atoms with Crippen molar-refractivity contribution in [1.29, 1.82) is 0 Å². The molecule has 11 heteroatoms. The molecule has 0 atom stereocenters. The largest absolute Gasteiger partial charge is 0.490 e. The monoisotopic (exact) mass is 464 g/mol. The molecule has 3 aromatic carbocycles. The van der Waals surface area contributed by atoms with Crippen molar-refractivity contribution in [1.82, 2.24) is 0 Å². The van der Waals surface area contributed by atoms with Crippen LogP contribution >= 0.6 is 23.2 Å². The Hall–Kier alpha value is -3.56. The van der Waals surface area contributed by atoms with E-state index in [0.717, 1.165) is 0 Å². The minimum atomic E-state index is -0.592. The fraction of sp³-hybridized carbons (Fsp3) is 0.100. The van der Waals surface area contributed by atoms with Crippen molar-refractivity contribution >= 4 is 34.6 Å². The van der Waals surface area contributed by atoms with Crippen molar-refractivity contribution in [3.63, 3.8) is 0 Å². The average Bonchev–Trinajstić information content (AvgIpc) is 2.73. The number of nitro benzene ring substituents is 2. The molecular formula is C20H14Cl2N2O7. The SMILES string of the molecule is COc1cc(Oc2ccc([N+](=O)[O-])c(OC)c2-c2ccc(Cl)cc2Cl)ccc1[N+](=O)[O-]. The van der Waals surface area contributed by atoms with Crippen molar-refractivity contribution in [3.05, 3.63) is 78.8 Å². The fourth-order valence-corrected chi connectivity index (χ4v) is 3.44. The summed E-state index contributed by atoms with van der Waals surface area (Å²) in [5.74, 6) is 0.287. The Bertz CT molecular complexity index is 1180. The van der Waals surface area contributed by atoms with Gasteiger partial charge in [0.05, 0.1) is 34.7 Å². The Balaban J connectivity index is 2.21. The average molecular weight is 465 g/mol. The van der Waals surface area contributed by atoms with Crippen LogP contribution in [0.15, 0.2) is 48.5 Å². The number of rotatable bonds is 7. The first-order chi connectivity index (χ1) is 14.8. The summed E-state index contributed by atoms with van der Waals surface area (Å²) in [5, 5.41) is 23.2. The van der Waals surface area contributed by atoms with Crippen molar-refractivity contribution in [3.8, 4) is 34.1 Å². The van der Waals surface area contributed by atoms with Gasteiger partial charge in [-0.05, 0) is 24.3 Å². The zero-order valence-corrected chi connectivity index (χ0v) is 17.6. The second-order valence-corrected chi connectivity index (χ2v) is 6.91. The number of hydrogen-bond donors (Lipinski definition) is 0. The maximum atomic E-state index is 11.5. The number of halogens is 2. The van der Waals surface area contributed by atoms with E-state index in [1.54, 1.807) is 12.1 Å². The van der Waals surface area contributed by atoms with Crippen LogP contribution in [0, 0.1) is 20.2 Å². The lowest BCUT2D eigenvalue weighted by molar-refractivity contribution is -0.385. The maximum absolute atomic E-state index is 11.5. The number of benzene rings is 3. The second-order valence-electron chi connectivity index (χ2n) is 6.07. The second kappa shape index (κ2) is 9.07. The lowest BCUT2D eigenvalue weighted by atomic mass is 10.0. The zero-order chi connectivity index (χ0) is 22.7. The van der Waals surface area contributed by atoms with Crippen LogP contribution in [0.2, 0.25) is 10.0 Å². The van der Waals surface area contributed by atoms with Crippen LogP contribution in [0.25, 0.3) is 11.1 Å². The van der Waals surface area contributed by atoms with Crippen LogP contribution in [0.5, 0.6) is 23.0 Å². The van der Waals surface area contributed by atoms with E-state index in [4.69, 9.17) is 37.4 Å². The molecule has 0 heterocycles. The molecular weight excluding hydrogens is 451 g/mol. The van der Waals surface area contributed by atoms with E-state index in [9.17, 15) is 20.2 Å². The third-order valence-electron chi connectivity index (χ3n) is 4.28. The molecule has 0 fully saturated rings.